The fourth-order valence-electron chi connectivity index (χ4n) is 3.13. The van der Waals surface area contributed by atoms with Crippen LogP contribution in [0.15, 0.2) is 47.4 Å². The van der Waals surface area contributed by atoms with Gasteiger partial charge in [0.25, 0.3) is 0 Å². The van der Waals surface area contributed by atoms with E-state index in [1.165, 1.54) is 11.8 Å². The summed E-state index contributed by atoms with van der Waals surface area (Å²) in [6.07, 6.45) is 0. The third-order valence-electron chi connectivity index (χ3n) is 4.35. The number of hydrogen-bond donors (Lipinski definition) is 2. The number of amides is 1. The van der Waals surface area contributed by atoms with Crippen molar-refractivity contribution < 1.29 is 19.1 Å². The van der Waals surface area contributed by atoms with Crippen molar-refractivity contribution in [2.45, 2.75) is 11.8 Å². The highest BCUT2D eigenvalue weighted by molar-refractivity contribution is 8.00. The van der Waals surface area contributed by atoms with Gasteiger partial charge in [-0.05, 0) is 31.2 Å². The maximum Gasteiger partial charge on any atom is 0.338 e. The molecule has 2 heterocycles. The van der Waals surface area contributed by atoms with E-state index in [0.717, 1.165) is 21.5 Å². The van der Waals surface area contributed by atoms with Gasteiger partial charge in [0.2, 0.25) is 11.7 Å². The Hall–Kier alpha value is -3.06. The van der Waals surface area contributed by atoms with Gasteiger partial charge in [0, 0.05) is 27.1 Å². The molecule has 0 aliphatic carbocycles. The van der Waals surface area contributed by atoms with E-state index in [0.29, 0.717) is 22.6 Å². The number of esters is 1. The van der Waals surface area contributed by atoms with Gasteiger partial charge in [-0.3, -0.25) is 9.59 Å². The van der Waals surface area contributed by atoms with Gasteiger partial charge in [0.05, 0.1) is 17.0 Å². The number of H-pyrrole nitrogens is 1. The van der Waals surface area contributed by atoms with Crippen molar-refractivity contribution in [3.63, 3.8) is 0 Å². The highest BCUT2D eigenvalue weighted by Crippen LogP contribution is 2.32. The third-order valence-corrected chi connectivity index (χ3v) is 5.43. The van der Waals surface area contributed by atoms with E-state index in [9.17, 15) is 14.4 Å². The molecule has 136 valence electrons. The lowest BCUT2D eigenvalue weighted by Gasteiger charge is -2.16. The van der Waals surface area contributed by atoms with E-state index in [1.807, 2.05) is 31.2 Å². The van der Waals surface area contributed by atoms with Gasteiger partial charge in [-0.2, -0.15) is 0 Å². The Kier molecular flexibility index (Phi) is 4.45. The predicted octanol–water partition coefficient (Wildman–Crippen LogP) is 3.56. The highest BCUT2D eigenvalue weighted by atomic mass is 32.2. The fraction of sp³-hybridized carbons (Fsp3) is 0.150. The van der Waals surface area contributed by atoms with Crippen LogP contribution in [-0.2, 0) is 9.53 Å². The second-order valence-electron chi connectivity index (χ2n) is 6.22. The number of aryl methyl sites for hydroxylation is 1. The number of anilines is 1. The van der Waals surface area contributed by atoms with E-state index >= 15 is 0 Å². The lowest BCUT2D eigenvalue weighted by Crippen LogP contribution is -2.19. The van der Waals surface area contributed by atoms with Gasteiger partial charge < -0.3 is 15.0 Å². The fourth-order valence-corrected chi connectivity index (χ4v) is 3.92. The summed E-state index contributed by atoms with van der Waals surface area (Å²) in [6.45, 7) is 1.47. The summed E-state index contributed by atoms with van der Waals surface area (Å²) in [6, 6.07) is 12.5. The molecule has 2 N–H and O–H groups in total. The van der Waals surface area contributed by atoms with E-state index in [1.54, 1.807) is 18.2 Å². The average molecular weight is 380 g/mol. The summed E-state index contributed by atoms with van der Waals surface area (Å²) in [7, 11) is 0. The molecule has 0 fully saturated rings. The number of carbonyl (C=O) groups excluding carboxylic acids is 3. The summed E-state index contributed by atoms with van der Waals surface area (Å²) in [4.78, 5) is 40.5. The molecule has 1 aliphatic rings. The Balaban J connectivity index is 1.49. The molecule has 2 aromatic carbocycles. The first-order valence-corrected chi connectivity index (χ1v) is 9.36. The van der Waals surface area contributed by atoms with Crippen molar-refractivity contribution in [3.8, 4) is 0 Å². The van der Waals surface area contributed by atoms with Crippen LogP contribution in [0.25, 0.3) is 10.9 Å². The maximum absolute atomic E-state index is 12.6. The van der Waals surface area contributed by atoms with Crippen molar-refractivity contribution in [1.82, 2.24) is 4.98 Å². The number of para-hydroxylation sites is 1. The highest BCUT2D eigenvalue weighted by Gasteiger charge is 2.20. The summed E-state index contributed by atoms with van der Waals surface area (Å²) in [5.41, 5.74) is 3.02. The molecule has 7 heteroatoms. The SMILES string of the molecule is Cc1[nH]c2ccccc2c1C(=O)COC(=O)c1ccc2c(c1)NC(=O)CS2. The van der Waals surface area contributed by atoms with Crippen LogP contribution in [0.1, 0.15) is 26.4 Å². The first kappa shape index (κ1) is 17.4. The largest absolute Gasteiger partial charge is 0.454 e. The normalized spacial score (nSPS) is 13.1. The molecule has 0 saturated carbocycles. The zero-order valence-electron chi connectivity index (χ0n) is 14.5. The molecular weight excluding hydrogens is 364 g/mol. The number of nitrogens with one attached hydrogen (secondary N) is 2. The van der Waals surface area contributed by atoms with Crippen LogP contribution in [0.5, 0.6) is 0 Å². The monoisotopic (exact) mass is 380 g/mol. The summed E-state index contributed by atoms with van der Waals surface area (Å²) in [5.74, 6) is -0.619. The van der Waals surface area contributed by atoms with Crippen molar-refractivity contribution >= 4 is 46.0 Å². The molecule has 1 aromatic heterocycles. The molecule has 1 amide bonds. The minimum Gasteiger partial charge on any atom is -0.454 e. The average Bonchev–Trinajstić information content (AvgIpc) is 3.01. The summed E-state index contributed by atoms with van der Waals surface area (Å²) in [5, 5.41) is 3.54. The van der Waals surface area contributed by atoms with Gasteiger partial charge in [-0.25, -0.2) is 4.79 Å². The number of ketones is 1. The molecule has 27 heavy (non-hydrogen) atoms. The minimum atomic E-state index is -0.603. The minimum absolute atomic E-state index is 0.108. The van der Waals surface area contributed by atoms with Gasteiger partial charge in [0.15, 0.2) is 6.61 Å². The van der Waals surface area contributed by atoms with E-state index in [4.69, 9.17) is 4.74 Å². The standard InChI is InChI=1S/C20H16N2O4S/c1-11-19(13-4-2-3-5-14(13)21-11)16(23)9-26-20(25)12-6-7-17-15(8-12)22-18(24)10-27-17/h2-8,21H,9-10H2,1H3,(H,22,24). The maximum atomic E-state index is 12.6. The zero-order valence-corrected chi connectivity index (χ0v) is 15.3. The number of fused-ring (bicyclic) bond motifs is 2. The number of benzene rings is 2. The summed E-state index contributed by atoms with van der Waals surface area (Å²) >= 11 is 1.41. The van der Waals surface area contributed by atoms with Crippen LogP contribution in [0.2, 0.25) is 0 Å². The van der Waals surface area contributed by atoms with E-state index in [-0.39, 0.29) is 18.3 Å². The second kappa shape index (κ2) is 6.92. The van der Waals surface area contributed by atoms with Gasteiger partial charge in [-0.1, -0.05) is 18.2 Å². The van der Waals surface area contributed by atoms with Crippen molar-refractivity contribution in [3.05, 3.63) is 59.3 Å². The Morgan fingerprint density at radius 3 is 2.85 bits per heavy atom. The first-order valence-electron chi connectivity index (χ1n) is 8.37. The Morgan fingerprint density at radius 1 is 1.19 bits per heavy atom. The third kappa shape index (κ3) is 3.33. The van der Waals surface area contributed by atoms with Crippen LogP contribution < -0.4 is 5.32 Å². The number of aromatic amines is 1. The van der Waals surface area contributed by atoms with Crippen LogP contribution in [0.4, 0.5) is 5.69 Å². The lowest BCUT2D eigenvalue weighted by atomic mass is 10.1. The van der Waals surface area contributed by atoms with Crippen LogP contribution in [-0.4, -0.2) is 35.0 Å². The number of carbonyl (C=O) groups is 3. The van der Waals surface area contributed by atoms with E-state index < -0.39 is 5.97 Å². The topological polar surface area (TPSA) is 88.3 Å². The second-order valence-corrected chi connectivity index (χ2v) is 7.23. The zero-order chi connectivity index (χ0) is 19.0. The molecule has 0 saturated heterocycles. The first-order chi connectivity index (χ1) is 13.0. The number of hydrogen-bond acceptors (Lipinski definition) is 5. The lowest BCUT2D eigenvalue weighted by molar-refractivity contribution is -0.113. The van der Waals surface area contributed by atoms with Gasteiger partial charge in [-0.15, -0.1) is 11.8 Å². The molecule has 0 bridgehead atoms. The molecule has 0 atom stereocenters. The molecule has 0 spiro atoms. The number of Topliss-reactive ketones (excluding diaryl/α,β-unsaturated/α-hetero) is 1. The summed E-state index contributed by atoms with van der Waals surface area (Å²) < 4.78 is 5.21. The number of aromatic nitrogens is 1. The number of thioether (sulfide) groups is 1. The molecule has 3 aromatic rings. The van der Waals surface area contributed by atoms with Crippen LogP contribution in [0.3, 0.4) is 0 Å². The molecule has 0 radical (unpaired) electrons. The van der Waals surface area contributed by atoms with Gasteiger partial charge >= 0.3 is 5.97 Å². The molecule has 6 nitrogen and oxygen atoms in total. The molecule has 1 aliphatic heterocycles. The Bertz CT molecular complexity index is 1090. The molecular formula is C20H16N2O4S. The van der Waals surface area contributed by atoms with Crippen molar-refractivity contribution in [2.24, 2.45) is 0 Å². The molecule has 4 rings (SSSR count). The predicted molar refractivity (Wildman–Crippen MR) is 103 cm³/mol. The van der Waals surface area contributed by atoms with Gasteiger partial charge in [0.1, 0.15) is 0 Å². The number of ether oxygens (including phenoxy) is 1. The quantitative estimate of drug-likeness (QED) is 0.534. The Labute approximate surface area is 159 Å². The van der Waals surface area contributed by atoms with Crippen LogP contribution >= 0.6 is 11.8 Å². The van der Waals surface area contributed by atoms with E-state index in [2.05, 4.69) is 10.3 Å². The smallest absolute Gasteiger partial charge is 0.338 e. The van der Waals surface area contributed by atoms with Crippen LogP contribution in [0, 0.1) is 6.92 Å². The molecule has 0 unspecified atom stereocenters. The Morgan fingerprint density at radius 2 is 2.00 bits per heavy atom. The number of rotatable bonds is 4. The van der Waals surface area contributed by atoms with Crippen molar-refractivity contribution in [1.29, 1.82) is 0 Å². The van der Waals surface area contributed by atoms with Crippen molar-refractivity contribution in [2.75, 3.05) is 17.7 Å².